The number of aromatic carboxylic acids is 1. The Labute approximate surface area is 106 Å². The molecule has 0 heterocycles. The van der Waals surface area contributed by atoms with E-state index in [1.165, 1.54) is 13.2 Å². The monoisotopic (exact) mass is 251 g/mol. The zero-order valence-electron chi connectivity index (χ0n) is 10.5. The van der Waals surface area contributed by atoms with Gasteiger partial charge in [0.2, 0.25) is 0 Å². The molecule has 2 rings (SSSR count). The molecule has 98 valence electrons. The molecule has 1 aromatic rings. The molecule has 0 amide bonds. The molecular formula is C13H17NO4. The van der Waals surface area contributed by atoms with Crippen LogP contribution in [0.1, 0.15) is 28.8 Å². The predicted octanol–water partition coefficient (Wildman–Crippen LogP) is 1.39. The topological polar surface area (TPSA) is 81.8 Å². The summed E-state index contributed by atoms with van der Waals surface area (Å²) < 4.78 is 10.6. The Morgan fingerprint density at radius 2 is 2.06 bits per heavy atom. The number of methoxy groups -OCH3 is 2. The summed E-state index contributed by atoms with van der Waals surface area (Å²) in [6, 6.07) is 3.11. The van der Waals surface area contributed by atoms with Crippen molar-refractivity contribution in [3.8, 4) is 11.5 Å². The quantitative estimate of drug-likeness (QED) is 0.826. The van der Waals surface area contributed by atoms with Crippen molar-refractivity contribution in [3.05, 3.63) is 23.3 Å². The Kier molecular flexibility index (Phi) is 3.17. The van der Waals surface area contributed by atoms with Gasteiger partial charge in [-0.15, -0.1) is 0 Å². The van der Waals surface area contributed by atoms with E-state index >= 15 is 0 Å². The van der Waals surface area contributed by atoms with Gasteiger partial charge in [-0.05, 0) is 25.0 Å². The summed E-state index contributed by atoms with van der Waals surface area (Å²) in [5.74, 6) is 0.0441. The van der Waals surface area contributed by atoms with Gasteiger partial charge in [0.25, 0.3) is 0 Å². The third kappa shape index (κ3) is 1.90. The third-order valence-corrected chi connectivity index (χ3v) is 3.54. The first-order chi connectivity index (χ1) is 8.57. The van der Waals surface area contributed by atoms with Crippen LogP contribution in [-0.2, 0) is 5.41 Å². The van der Waals surface area contributed by atoms with Crippen LogP contribution in [0, 0.1) is 0 Å². The minimum atomic E-state index is -0.981. The number of hydrogen-bond acceptors (Lipinski definition) is 4. The van der Waals surface area contributed by atoms with Gasteiger partial charge in [0, 0.05) is 17.5 Å². The molecule has 1 aromatic carbocycles. The van der Waals surface area contributed by atoms with Crippen molar-refractivity contribution in [2.45, 2.75) is 18.3 Å². The fourth-order valence-electron chi connectivity index (χ4n) is 2.22. The highest BCUT2D eigenvalue weighted by atomic mass is 16.5. The van der Waals surface area contributed by atoms with Gasteiger partial charge in [-0.1, -0.05) is 0 Å². The molecule has 18 heavy (non-hydrogen) atoms. The van der Waals surface area contributed by atoms with Gasteiger partial charge in [0.15, 0.2) is 11.5 Å². The van der Waals surface area contributed by atoms with E-state index in [1.807, 2.05) is 0 Å². The average molecular weight is 251 g/mol. The molecule has 1 fully saturated rings. The normalized spacial score (nSPS) is 16.2. The molecule has 1 aliphatic rings. The highest BCUT2D eigenvalue weighted by molar-refractivity contribution is 5.89. The van der Waals surface area contributed by atoms with E-state index in [9.17, 15) is 4.79 Å². The van der Waals surface area contributed by atoms with Crippen LogP contribution < -0.4 is 15.2 Å². The maximum Gasteiger partial charge on any atom is 0.335 e. The molecule has 1 aliphatic carbocycles. The van der Waals surface area contributed by atoms with Crippen molar-refractivity contribution >= 4 is 5.97 Å². The Morgan fingerprint density at radius 1 is 1.39 bits per heavy atom. The number of carboxylic acids is 1. The van der Waals surface area contributed by atoms with Gasteiger partial charge >= 0.3 is 5.97 Å². The van der Waals surface area contributed by atoms with Crippen LogP contribution in [0.25, 0.3) is 0 Å². The van der Waals surface area contributed by atoms with Crippen LogP contribution in [0.4, 0.5) is 0 Å². The number of benzene rings is 1. The molecule has 0 unspecified atom stereocenters. The molecule has 0 radical (unpaired) electrons. The molecule has 3 N–H and O–H groups in total. The van der Waals surface area contributed by atoms with Crippen LogP contribution in [-0.4, -0.2) is 31.8 Å². The van der Waals surface area contributed by atoms with E-state index in [0.29, 0.717) is 18.0 Å². The summed E-state index contributed by atoms with van der Waals surface area (Å²) in [4.78, 5) is 11.1. The summed E-state index contributed by atoms with van der Waals surface area (Å²) >= 11 is 0. The van der Waals surface area contributed by atoms with E-state index in [1.54, 1.807) is 13.2 Å². The summed E-state index contributed by atoms with van der Waals surface area (Å²) in [5.41, 5.74) is 6.68. The number of carboxylic acid groups (broad SMARTS) is 1. The van der Waals surface area contributed by atoms with Crippen LogP contribution >= 0.6 is 0 Å². The molecular weight excluding hydrogens is 234 g/mol. The van der Waals surface area contributed by atoms with E-state index in [4.69, 9.17) is 20.3 Å². The van der Waals surface area contributed by atoms with Crippen LogP contribution in [0.5, 0.6) is 11.5 Å². The summed E-state index contributed by atoms with van der Waals surface area (Å²) in [5, 5.41) is 9.12. The lowest BCUT2D eigenvalue weighted by molar-refractivity contribution is 0.0696. The van der Waals surface area contributed by atoms with E-state index in [0.717, 1.165) is 18.4 Å². The van der Waals surface area contributed by atoms with Gasteiger partial charge < -0.3 is 20.3 Å². The SMILES string of the molecule is COc1cc(C(=O)O)cc(C2(CN)CC2)c1OC. The smallest absolute Gasteiger partial charge is 0.335 e. The van der Waals surface area contributed by atoms with Gasteiger partial charge in [-0.3, -0.25) is 0 Å². The maximum atomic E-state index is 11.1. The van der Waals surface area contributed by atoms with E-state index in [-0.39, 0.29) is 11.0 Å². The van der Waals surface area contributed by atoms with Crippen molar-refractivity contribution in [3.63, 3.8) is 0 Å². The lowest BCUT2D eigenvalue weighted by Gasteiger charge is -2.20. The maximum absolute atomic E-state index is 11.1. The first-order valence-corrected chi connectivity index (χ1v) is 5.78. The van der Waals surface area contributed by atoms with Crippen molar-refractivity contribution < 1.29 is 19.4 Å². The average Bonchev–Trinajstić information content (AvgIpc) is 3.17. The van der Waals surface area contributed by atoms with Crippen molar-refractivity contribution in [1.82, 2.24) is 0 Å². The number of ether oxygens (including phenoxy) is 2. The van der Waals surface area contributed by atoms with Gasteiger partial charge in [-0.2, -0.15) is 0 Å². The lowest BCUT2D eigenvalue weighted by atomic mass is 9.93. The van der Waals surface area contributed by atoms with Gasteiger partial charge in [-0.25, -0.2) is 4.79 Å². The molecule has 0 bridgehead atoms. The van der Waals surface area contributed by atoms with Gasteiger partial charge in [0.05, 0.1) is 19.8 Å². The van der Waals surface area contributed by atoms with Crippen LogP contribution in [0.3, 0.4) is 0 Å². The zero-order valence-corrected chi connectivity index (χ0v) is 10.5. The Balaban J connectivity index is 2.61. The molecule has 5 nitrogen and oxygen atoms in total. The Bertz CT molecular complexity index is 480. The molecule has 5 heteroatoms. The highest BCUT2D eigenvalue weighted by Gasteiger charge is 2.46. The Hall–Kier alpha value is -1.75. The first-order valence-electron chi connectivity index (χ1n) is 5.78. The molecule has 0 spiro atoms. The van der Waals surface area contributed by atoms with Crippen molar-refractivity contribution in [1.29, 1.82) is 0 Å². The van der Waals surface area contributed by atoms with Crippen molar-refractivity contribution in [2.75, 3.05) is 20.8 Å². The number of carbonyl (C=O) groups is 1. The van der Waals surface area contributed by atoms with Crippen molar-refractivity contribution in [2.24, 2.45) is 5.73 Å². The fraction of sp³-hybridized carbons (Fsp3) is 0.462. The second-order valence-corrected chi connectivity index (χ2v) is 4.55. The minimum absolute atomic E-state index is 0.149. The van der Waals surface area contributed by atoms with Crippen LogP contribution in [0.15, 0.2) is 12.1 Å². The van der Waals surface area contributed by atoms with Crippen LogP contribution in [0.2, 0.25) is 0 Å². The van der Waals surface area contributed by atoms with Gasteiger partial charge in [0.1, 0.15) is 0 Å². The molecule has 0 aliphatic heterocycles. The fourth-order valence-corrected chi connectivity index (χ4v) is 2.22. The molecule has 0 saturated heterocycles. The highest BCUT2D eigenvalue weighted by Crippen LogP contribution is 2.52. The molecule has 0 atom stereocenters. The largest absolute Gasteiger partial charge is 0.493 e. The summed E-state index contributed by atoms with van der Waals surface area (Å²) in [7, 11) is 3.05. The number of hydrogen-bond donors (Lipinski definition) is 2. The molecule has 0 aromatic heterocycles. The van der Waals surface area contributed by atoms with E-state index in [2.05, 4.69) is 0 Å². The molecule has 1 saturated carbocycles. The lowest BCUT2D eigenvalue weighted by Crippen LogP contribution is -2.21. The predicted molar refractivity (Wildman–Crippen MR) is 66.5 cm³/mol. The second-order valence-electron chi connectivity index (χ2n) is 4.55. The summed E-state index contributed by atoms with van der Waals surface area (Å²) in [6.07, 6.45) is 1.90. The second kappa shape index (κ2) is 4.49. The minimum Gasteiger partial charge on any atom is -0.493 e. The first kappa shape index (κ1) is 12.7. The third-order valence-electron chi connectivity index (χ3n) is 3.54. The summed E-state index contributed by atoms with van der Waals surface area (Å²) in [6.45, 7) is 0.482. The Morgan fingerprint density at radius 3 is 2.44 bits per heavy atom. The standard InChI is InChI=1S/C13H17NO4/c1-17-10-6-8(12(15)16)5-9(11(10)18-2)13(7-14)3-4-13/h5-6H,3-4,7,14H2,1-2H3,(H,15,16). The number of rotatable bonds is 5. The van der Waals surface area contributed by atoms with E-state index < -0.39 is 5.97 Å². The zero-order chi connectivity index (χ0) is 13.3. The number of nitrogens with two attached hydrogens (primary N) is 1.